The van der Waals surface area contributed by atoms with Crippen LogP contribution in [0.3, 0.4) is 0 Å². The van der Waals surface area contributed by atoms with Gasteiger partial charge in [-0.2, -0.15) is 0 Å². The van der Waals surface area contributed by atoms with E-state index in [4.69, 9.17) is 0 Å². The first-order valence-electron chi connectivity index (χ1n) is 4.85. The maximum atomic E-state index is 11.7. The van der Waals surface area contributed by atoms with Gasteiger partial charge in [0.05, 0.1) is 13.5 Å². The molecule has 0 spiro atoms. The molecular weight excluding hydrogens is 226 g/mol. The van der Waals surface area contributed by atoms with E-state index in [0.717, 1.165) is 22.3 Å². The zero-order valence-electron chi connectivity index (χ0n) is 8.73. The molecule has 1 atom stereocenters. The maximum Gasteiger partial charge on any atom is 0.308 e. The molecule has 0 amide bonds. The van der Waals surface area contributed by atoms with Crippen molar-refractivity contribution >= 4 is 28.5 Å². The molecule has 1 aliphatic rings. The van der Waals surface area contributed by atoms with Crippen LogP contribution in [0.15, 0.2) is 29.2 Å². The van der Waals surface area contributed by atoms with Crippen LogP contribution in [0.5, 0.6) is 0 Å². The third kappa shape index (κ3) is 2.19. The van der Waals surface area contributed by atoms with Gasteiger partial charge in [-0.25, -0.2) is 0 Å². The average Bonchev–Trinajstić information content (AvgIpc) is 2.30. The van der Waals surface area contributed by atoms with Crippen LogP contribution in [0, 0.1) is 0 Å². The van der Waals surface area contributed by atoms with Gasteiger partial charge in [-0.05, 0) is 23.9 Å². The fourth-order valence-electron chi connectivity index (χ4n) is 1.49. The van der Waals surface area contributed by atoms with Crippen molar-refractivity contribution in [3.05, 3.63) is 24.3 Å². The van der Waals surface area contributed by atoms with E-state index in [2.05, 4.69) is 10.1 Å². The van der Waals surface area contributed by atoms with Gasteiger partial charge in [-0.1, -0.05) is 12.1 Å². The zero-order chi connectivity index (χ0) is 11.5. The van der Waals surface area contributed by atoms with Crippen LogP contribution in [0.2, 0.25) is 0 Å². The lowest BCUT2D eigenvalue weighted by Crippen LogP contribution is -2.33. The Morgan fingerprint density at radius 3 is 3.00 bits per heavy atom. The zero-order valence-corrected chi connectivity index (χ0v) is 9.54. The van der Waals surface area contributed by atoms with Gasteiger partial charge in [0.2, 0.25) is 5.12 Å². The number of hydrogen-bond donors (Lipinski definition) is 1. The molecule has 0 aliphatic carbocycles. The molecule has 84 valence electrons. The molecule has 5 heteroatoms. The van der Waals surface area contributed by atoms with Crippen LogP contribution in [0.1, 0.15) is 6.42 Å². The Morgan fingerprint density at radius 2 is 2.25 bits per heavy atom. The summed E-state index contributed by atoms with van der Waals surface area (Å²) in [6, 6.07) is 7.03. The summed E-state index contributed by atoms with van der Waals surface area (Å²) in [5, 5.41) is 2.99. The van der Waals surface area contributed by atoms with Gasteiger partial charge in [-0.3, -0.25) is 9.59 Å². The quantitative estimate of drug-likeness (QED) is 0.793. The summed E-state index contributed by atoms with van der Waals surface area (Å²) in [5.41, 5.74) is 0.890. The van der Waals surface area contributed by atoms with E-state index in [1.54, 1.807) is 0 Å². The number of rotatable bonds is 2. The molecule has 1 aromatic carbocycles. The molecule has 1 aromatic rings. The maximum absolute atomic E-state index is 11.7. The molecule has 0 bridgehead atoms. The molecule has 2 rings (SSSR count). The number of benzene rings is 1. The van der Waals surface area contributed by atoms with Crippen molar-refractivity contribution in [2.24, 2.45) is 0 Å². The molecule has 0 fully saturated rings. The average molecular weight is 237 g/mol. The van der Waals surface area contributed by atoms with Crippen molar-refractivity contribution in [2.45, 2.75) is 17.4 Å². The fourth-order valence-corrected chi connectivity index (χ4v) is 2.37. The molecule has 0 saturated carbocycles. The number of para-hydroxylation sites is 1. The van der Waals surface area contributed by atoms with E-state index in [9.17, 15) is 9.59 Å². The number of hydrogen-bond acceptors (Lipinski definition) is 5. The Hall–Kier alpha value is -1.49. The molecule has 1 aliphatic heterocycles. The SMILES string of the molecule is COC(=O)C[C@@H]1Nc2ccccc2SC1=O. The van der Waals surface area contributed by atoms with Crippen LogP contribution >= 0.6 is 11.8 Å². The minimum absolute atomic E-state index is 0.0518. The molecule has 0 saturated heterocycles. The molecule has 0 radical (unpaired) electrons. The summed E-state index contributed by atoms with van der Waals surface area (Å²) >= 11 is 1.16. The number of methoxy groups -OCH3 is 1. The van der Waals surface area contributed by atoms with Crippen LogP contribution in [-0.4, -0.2) is 24.2 Å². The topological polar surface area (TPSA) is 55.4 Å². The number of ether oxygens (including phenoxy) is 1. The molecule has 16 heavy (non-hydrogen) atoms. The Labute approximate surface area is 97.4 Å². The van der Waals surface area contributed by atoms with E-state index in [-0.39, 0.29) is 17.5 Å². The third-order valence-electron chi connectivity index (χ3n) is 2.31. The Balaban J connectivity index is 2.15. The van der Waals surface area contributed by atoms with Crippen LogP contribution < -0.4 is 5.32 Å². The number of nitrogens with one attached hydrogen (secondary N) is 1. The predicted octanol–water partition coefficient (Wildman–Crippen LogP) is 1.66. The Bertz CT molecular complexity index is 433. The van der Waals surface area contributed by atoms with Crippen molar-refractivity contribution in [2.75, 3.05) is 12.4 Å². The standard InChI is InChI=1S/C11H11NO3S/c1-15-10(13)6-8-11(14)16-9-5-3-2-4-7(9)12-8/h2-5,8,12H,6H2,1H3/t8-/m0/s1. The van der Waals surface area contributed by atoms with Crippen LogP contribution in [0.4, 0.5) is 5.69 Å². The largest absolute Gasteiger partial charge is 0.469 e. The van der Waals surface area contributed by atoms with E-state index < -0.39 is 6.04 Å². The van der Waals surface area contributed by atoms with Gasteiger partial charge in [0.25, 0.3) is 0 Å². The highest BCUT2D eigenvalue weighted by Crippen LogP contribution is 2.34. The fraction of sp³-hybridized carbons (Fsp3) is 0.273. The number of carbonyl (C=O) groups excluding carboxylic acids is 2. The highest BCUT2D eigenvalue weighted by molar-refractivity contribution is 8.14. The highest BCUT2D eigenvalue weighted by atomic mass is 32.2. The van der Waals surface area contributed by atoms with Gasteiger partial charge in [0.1, 0.15) is 6.04 Å². The van der Waals surface area contributed by atoms with Gasteiger partial charge in [-0.15, -0.1) is 0 Å². The Morgan fingerprint density at radius 1 is 1.50 bits per heavy atom. The summed E-state index contributed by atoms with van der Waals surface area (Å²) in [6.45, 7) is 0. The van der Waals surface area contributed by atoms with Gasteiger partial charge in [0.15, 0.2) is 0 Å². The van der Waals surface area contributed by atoms with Crippen molar-refractivity contribution in [1.29, 1.82) is 0 Å². The number of esters is 1. The summed E-state index contributed by atoms with van der Waals surface area (Å²) < 4.78 is 4.55. The molecule has 4 nitrogen and oxygen atoms in total. The second-order valence-electron chi connectivity index (χ2n) is 3.39. The smallest absolute Gasteiger partial charge is 0.308 e. The lowest BCUT2D eigenvalue weighted by Gasteiger charge is -2.24. The summed E-state index contributed by atoms with van der Waals surface area (Å²) in [6.07, 6.45) is 0.0661. The van der Waals surface area contributed by atoms with E-state index >= 15 is 0 Å². The summed E-state index contributed by atoms with van der Waals surface area (Å²) in [4.78, 5) is 23.7. The number of fused-ring (bicyclic) bond motifs is 1. The van der Waals surface area contributed by atoms with Gasteiger partial charge < -0.3 is 10.1 Å². The van der Waals surface area contributed by atoms with Crippen molar-refractivity contribution in [1.82, 2.24) is 0 Å². The van der Waals surface area contributed by atoms with E-state index in [0.29, 0.717) is 0 Å². The first-order valence-corrected chi connectivity index (χ1v) is 5.66. The highest BCUT2D eigenvalue weighted by Gasteiger charge is 2.28. The number of carbonyl (C=O) groups is 2. The molecule has 0 unspecified atom stereocenters. The molecule has 0 aromatic heterocycles. The van der Waals surface area contributed by atoms with Gasteiger partial charge in [0, 0.05) is 10.6 Å². The minimum atomic E-state index is -0.493. The molecule has 1 N–H and O–H groups in total. The van der Waals surface area contributed by atoms with Crippen molar-refractivity contribution < 1.29 is 14.3 Å². The van der Waals surface area contributed by atoms with Crippen molar-refractivity contribution in [3.63, 3.8) is 0 Å². The second-order valence-corrected chi connectivity index (χ2v) is 4.44. The number of thioether (sulfide) groups is 1. The Kier molecular flexibility index (Phi) is 3.14. The lowest BCUT2D eigenvalue weighted by molar-refractivity contribution is -0.141. The summed E-state index contributed by atoms with van der Waals surface area (Å²) in [5.74, 6) is -0.383. The monoisotopic (exact) mass is 237 g/mol. The number of anilines is 1. The lowest BCUT2D eigenvalue weighted by atomic mass is 10.2. The van der Waals surface area contributed by atoms with Gasteiger partial charge >= 0.3 is 5.97 Å². The first kappa shape index (κ1) is 11.0. The second kappa shape index (κ2) is 4.57. The molecular formula is C11H11NO3S. The normalized spacial score (nSPS) is 18.6. The first-order chi connectivity index (χ1) is 7.70. The van der Waals surface area contributed by atoms with Crippen molar-refractivity contribution in [3.8, 4) is 0 Å². The predicted molar refractivity (Wildman–Crippen MR) is 61.3 cm³/mol. The van der Waals surface area contributed by atoms with Crippen LogP contribution in [-0.2, 0) is 14.3 Å². The van der Waals surface area contributed by atoms with E-state index in [1.807, 2.05) is 24.3 Å². The van der Waals surface area contributed by atoms with Crippen LogP contribution in [0.25, 0.3) is 0 Å². The molecule has 1 heterocycles. The minimum Gasteiger partial charge on any atom is -0.469 e. The third-order valence-corrected chi connectivity index (χ3v) is 3.37. The van der Waals surface area contributed by atoms with E-state index in [1.165, 1.54) is 7.11 Å². The summed E-state index contributed by atoms with van der Waals surface area (Å²) in [7, 11) is 1.32.